The van der Waals surface area contributed by atoms with Crippen molar-refractivity contribution in [2.24, 2.45) is 11.1 Å². The van der Waals surface area contributed by atoms with Gasteiger partial charge >= 0.3 is 0 Å². The van der Waals surface area contributed by atoms with E-state index in [1.165, 1.54) is 12.3 Å². The highest BCUT2D eigenvalue weighted by atomic mass is 19.1. The molecule has 0 bridgehead atoms. The highest BCUT2D eigenvalue weighted by molar-refractivity contribution is 6.00. The highest BCUT2D eigenvalue weighted by Gasteiger charge is 2.44. The fraction of sp³-hybridized carbons (Fsp3) is 0.455. The molecule has 2 heterocycles. The van der Waals surface area contributed by atoms with Crippen molar-refractivity contribution in [1.82, 2.24) is 4.98 Å². The second kappa shape index (κ2) is 3.92. The molecule has 0 saturated carbocycles. The summed E-state index contributed by atoms with van der Waals surface area (Å²) in [5, 5.41) is 0. The van der Waals surface area contributed by atoms with Gasteiger partial charge in [0.25, 0.3) is 0 Å². The highest BCUT2D eigenvalue weighted by Crippen LogP contribution is 2.31. The van der Waals surface area contributed by atoms with Gasteiger partial charge in [0.2, 0.25) is 0 Å². The molecule has 1 saturated heterocycles. The number of nitrogens with two attached hydrogens (primary N) is 1. The lowest BCUT2D eigenvalue weighted by Crippen LogP contribution is -2.44. The van der Waals surface area contributed by atoms with Crippen molar-refractivity contribution in [2.75, 3.05) is 13.2 Å². The number of ketones is 1. The predicted molar refractivity (Wildman–Crippen MR) is 55.4 cm³/mol. The Morgan fingerprint density at radius 2 is 2.44 bits per heavy atom. The Balaban J connectivity index is 2.32. The third kappa shape index (κ3) is 1.72. The Labute approximate surface area is 92.6 Å². The van der Waals surface area contributed by atoms with E-state index in [2.05, 4.69) is 4.98 Å². The number of carbonyl (C=O) groups excluding carboxylic acids is 1. The van der Waals surface area contributed by atoms with E-state index in [9.17, 15) is 9.18 Å². The summed E-state index contributed by atoms with van der Waals surface area (Å²) >= 11 is 0. The number of pyridine rings is 1. The summed E-state index contributed by atoms with van der Waals surface area (Å²) in [5.74, 6) is -0.744. The van der Waals surface area contributed by atoms with Crippen LogP contribution in [0.5, 0.6) is 0 Å². The topological polar surface area (TPSA) is 65.2 Å². The molecule has 0 amide bonds. The summed E-state index contributed by atoms with van der Waals surface area (Å²) in [7, 11) is 0. The van der Waals surface area contributed by atoms with Crippen LogP contribution < -0.4 is 5.73 Å². The minimum absolute atomic E-state index is 0.218. The normalized spacial score (nSPS) is 29.3. The van der Waals surface area contributed by atoms with Gasteiger partial charge in [-0.1, -0.05) is 0 Å². The summed E-state index contributed by atoms with van der Waals surface area (Å²) < 4.78 is 18.1. The zero-order valence-electron chi connectivity index (χ0n) is 8.94. The second-order valence-corrected chi connectivity index (χ2v) is 4.26. The van der Waals surface area contributed by atoms with E-state index in [0.29, 0.717) is 6.61 Å². The molecule has 16 heavy (non-hydrogen) atoms. The lowest BCUT2D eigenvalue weighted by Gasteiger charge is -2.24. The van der Waals surface area contributed by atoms with E-state index in [4.69, 9.17) is 10.5 Å². The first-order valence-corrected chi connectivity index (χ1v) is 5.03. The van der Waals surface area contributed by atoms with Crippen LogP contribution in [0.2, 0.25) is 0 Å². The molecule has 0 aliphatic carbocycles. The van der Waals surface area contributed by atoms with Crippen LogP contribution in [-0.4, -0.2) is 30.0 Å². The molecular formula is C11H13FN2O2. The molecule has 2 N–H and O–H groups in total. The van der Waals surface area contributed by atoms with Crippen LogP contribution in [0, 0.1) is 11.2 Å². The molecule has 0 spiro atoms. The minimum Gasteiger partial charge on any atom is -0.379 e. The fourth-order valence-electron chi connectivity index (χ4n) is 1.79. The number of hydrogen-bond acceptors (Lipinski definition) is 4. The molecule has 1 aliphatic rings. The van der Waals surface area contributed by atoms with Crippen molar-refractivity contribution in [3.8, 4) is 0 Å². The summed E-state index contributed by atoms with van der Waals surface area (Å²) in [5.41, 5.74) is 5.29. The summed E-state index contributed by atoms with van der Waals surface area (Å²) in [6.07, 6.45) is 2.41. The molecular weight excluding hydrogens is 211 g/mol. The van der Waals surface area contributed by atoms with Gasteiger partial charge in [0, 0.05) is 17.8 Å². The number of halogens is 1. The van der Waals surface area contributed by atoms with Gasteiger partial charge in [-0.2, -0.15) is 0 Å². The molecule has 0 radical (unpaired) electrons. The standard InChI is InChI=1S/C11H13FN2O2/c1-11(6-16-5-9(11)13)10(15)7-2-8(12)4-14-3-7/h2-4,9H,5-6,13H2,1H3. The van der Waals surface area contributed by atoms with Crippen molar-refractivity contribution in [2.45, 2.75) is 13.0 Å². The zero-order chi connectivity index (χ0) is 11.8. The molecule has 5 heteroatoms. The Kier molecular flexibility index (Phi) is 2.73. The predicted octanol–water partition coefficient (Wildman–Crippen LogP) is 0.767. The molecule has 4 nitrogen and oxygen atoms in total. The maximum Gasteiger partial charge on any atom is 0.174 e. The molecule has 2 rings (SSSR count). The first-order valence-electron chi connectivity index (χ1n) is 5.03. The number of rotatable bonds is 2. The van der Waals surface area contributed by atoms with E-state index in [1.54, 1.807) is 6.92 Å². The summed E-state index contributed by atoms with van der Waals surface area (Å²) in [6, 6.07) is 0.814. The van der Waals surface area contributed by atoms with Crippen LogP contribution in [0.4, 0.5) is 4.39 Å². The molecule has 2 atom stereocenters. The van der Waals surface area contributed by atoms with Gasteiger partial charge in [0.15, 0.2) is 5.78 Å². The largest absolute Gasteiger partial charge is 0.379 e. The lowest BCUT2D eigenvalue weighted by atomic mass is 9.79. The van der Waals surface area contributed by atoms with E-state index in [1.807, 2.05) is 0 Å². The third-order valence-electron chi connectivity index (χ3n) is 3.00. The van der Waals surface area contributed by atoms with Gasteiger partial charge in [-0.25, -0.2) is 4.39 Å². The Morgan fingerprint density at radius 1 is 1.69 bits per heavy atom. The smallest absolute Gasteiger partial charge is 0.174 e. The SMILES string of the molecule is CC1(C(=O)c2cncc(F)c2)COCC1N. The van der Waals surface area contributed by atoms with E-state index in [0.717, 1.165) is 6.20 Å². The van der Waals surface area contributed by atoms with Crippen molar-refractivity contribution >= 4 is 5.78 Å². The average molecular weight is 224 g/mol. The maximum atomic E-state index is 13.0. The van der Waals surface area contributed by atoms with Gasteiger partial charge < -0.3 is 10.5 Å². The monoisotopic (exact) mass is 224 g/mol. The van der Waals surface area contributed by atoms with Crippen LogP contribution in [0.15, 0.2) is 18.5 Å². The van der Waals surface area contributed by atoms with Crippen molar-refractivity contribution in [3.05, 3.63) is 29.8 Å². The van der Waals surface area contributed by atoms with Crippen molar-refractivity contribution in [1.29, 1.82) is 0 Å². The molecule has 1 aromatic rings. The summed E-state index contributed by atoms with van der Waals surface area (Å²) in [6.45, 7) is 2.35. The fourth-order valence-corrected chi connectivity index (χ4v) is 1.79. The molecule has 1 fully saturated rings. The number of carbonyl (C=O) groups is 1. The van der Waals surface area contributed by atoms with Crippen LogP contribution in [-0.2, 0) is 4.74 Å². The van der Waals surface area contributed by atoms with E-state index in [-0.39, 0.29) is 24.0 Å². The van der Waals surface area contributed by atoms with Crippen LogP contribution in [0.25, 0.3) is 0 Å². The third-order valence-corrected chi connectivity index (χ3v) is 3.00. The van der Waals surface area contributed by atoms with E-state index >= 15 is 0 Å². The van der Waals surface area contributed by atoms with Crippen LogP contribution >= 0.6 is 0 Å². The zero-order valence-corrected chi connectivity index (χ0v) is 8.94. The molecule has 2 unspecified atom stereocenters. The van der Waals surface area contributed by atoms with E-state index < -0.39 is 11.2 Å². The number of Topliss-reactive ketones (excluding diaryl/α,β-unsaturated/α-hetero) is 1. The number of aromatic nitrogens is 1. The van der Waals surface area contributed by atoms with Crippen molar-refractivity contribution in [3.63, 3.8) is 0 Å². The first-order chi connectivity index (χ1) is 7.54. The summed E-state index contributed by atoms with van der Waals surface area (Å²) in [4.78, 5) is 15.8. The minimum atomic E-state index is -0.782. The number of hydrogen-bond donors (Lipinski definition) is 1. The van der Waals surface area contributed by atoms with Crippen LogP contribution in [0.3, 0.4) is 0 Å². The molecule has 0 aromatic carbocycles. The number of nitrogens with zero attached hydrogens (tertiary/aromatic N) is 1. The molecule has 1 aromatic heterocycles. The average Bonchev–Trinajstić information content (AvgIpc) is 2.59. The van der Waals surface area contributed by atoms with Gasteiger partial charge in [-0.05, 0) is 13.0 Å². The van der Waals surface area contributed by atoms with Crippen molar-refractivity contribution < 1.29 is 13.9 Å². The Bertz CT molecular complexity index is 424. The first kappa shape index (κ1) is 11.2. The van der Waals surface area contributed by atoms with Gasteiger partial charge in [0.1, 0.15) is 5.82 Å². The second-order valence-electron chi connectivity index (χ2n) is 4.26. The number of ether oxygens (including phenoxy) is 1. The van der Waals surface area contributed by atoms with Gasteiger partial charge in [-0.3, -0.25) is 9.78 Å². The Hall–Kier alpha value is -1.33. The molecule has 86 valence electrons. The molecule has 1 aliphatic heterocycles. The van der Waals surface area contributed by atoms with Crippen LogP contribution in [0.1, 0.15) is 17.3 Å². The maximum absolute atomic E-state index is 13.0. The van der Waals surface area contributed by atoms with Gasteiger partial charge in [0.05, 0.1) is 24.8 Å². The lowest BCUT2D eigenvalue weighted by molar-refractivity contribution is 0.0767. The quantitative estimate of drug-likeness (QED) is 0.753. The Morgan fingerprint density at radius 3 is 3.00 bits per heavy atom. The van der Waals surface area contributed by atoms with Gasteiger partial charge in [-0.15, -0.1) is 0 Å².